The van der Waals surface area contributed by atoms with Crippen molar-refractivity contribution >= 4 is 18.0 Å². The highest BCUT2D eigenvalue weighted by atomic mass is 16.5. The van der Waals surface area contributed by atoms with Gasteiger partial charge >= 0.3 is 18.0 Å². The molecule has 8 heteroatoms. The zero-order chi connectivity index (χ0) is 15.1. The van der Waals surface area contributed by atoms with Gasteiger partial charge in [-0.05, 0) is 19.8 Å². The Kier molecular flexibility index (Phi) is 6.23. The molecule has 1 aliphatic heterocycles. The van der Waals surface area contributed by atoms with Crippen molar-refractivity contribution in [1.29, 1.82) is 0 Å². The van der Waals surface area contributed by atoms with Crippen LogP contribution in [0.3, 0.4) is 0 Å². The molecule has 3 N–H and O–H groups in total. The fourth-order valence-corrected chi connectivity index (χ4v) is 2.08. The first-order chi connectivity index (χ1) is 9.43. The molecule has 114 valence electrons. The molecule has 1 aliphatic rings. The lowest BCUT2D eigenvalue weighted by atomic mass is 10.1. The maximum Gasteiger partial charge on any atom is 0.326 e. The Labute approximate surface area is 116 Å². The monoisotopic (exact) mass is 288 g/mol. The van der Waals surface area contributed by atoms with Crippen LogP contribution in [-0.2, 0) is 14.3 Å². The molecule has 0 aromatic carbocycles. The Morgan fingerprint density at radius 1 is 1.30 bits per heavy atom. The van der Waals surface area contributed by atoms with Crippen LogP contribution < -0.4 is 5.32 Å². The number of carbonyl (C=O) groups is 3. The van der Waals surface area contributed by atoms with E-state index in [-0.39, 0.29) is 6.10 Å². The van der Waals surface area contributed by atoms with E-state index in [1.165, 1.54) is 4.90 Å². The normalized spacial score (nSPS) is 17.6. The van der Waals surface area contributed by atoms with E-state index in [2.05, 4.69) is 5.32 Å². The van der Waals surface area contributed by atoms with Gasteiger partial charge in [0.05, 0.1) is 12.5 Å². The summed E-state index contributed by atoms with van der Waals surface area (Å²) in [6.45, 7) is 3.46. The smallest absolute Gasteiger partial charge is 0.326 e. The van der Waals surface area contributed by atoms with Crippen molar-refractivity contribution in [3.8, 4) is 0 Å². The van der Waals surface area contributed by atoms with E-state index in [0.717, 1.165) is 0 Å². The highest BCUT2D eigenvalue weighted by molar-refractivity contribution is 5.86. The first-order valence-corrected chi connectivity index (χ1v) is 6.55. The Balaban J connectivity index is 2.45. The van der Waals surface area contributed by atoms with Crippen molar-refractivity contribution < 1.29 is 29.3 Å². The largest absolute Gasteiger partial charge is 0.481 e. The number of nitrogens with zero attached hydrogens (tertiary/aromatic N) is 1. The van der Waals surface area contributed by atoms with Gasteiger partial charge in [0.2, 0.25) is 0 Å². The molecule has 1 unspecified atom stereocenters. The van der Waals surface area contributed by atoms with Crippen LogP contribution >= 0.6 is 0 Å². The lowest BCUT2D eigenvalue weighted by molar-refractivity contribution is -0.145. The van der Waals surface area contributed by atoms with E-state index < -0.39 is 30.4 Å². The molecule has 0 bridgehead atoms. The molecule has 20 heavy (non-hydrogen) atoms. The molecule has 0 saturated carbocycles. The molecule has 2 amide bonds. The van der Waals surface area contributed by atoms with E-state index in [0.29, 0.717) is 32.5 Å². The molecule has 1 rings (SSSR count). The third kappa shape index (κ3) is 5.04. The molecule has 0 aromatic rings. The highest BCUT2D eigenvalue weighted by Crippen LogP contribution is 2.13. The summed E-state index contributed by atoms with van der Waals surface area (Å²) in [5.41, 5.74) is 0. The van der Waals surface area contributed by atoms with Gasteiger partial charge in [0, 0.05) is 19.7 Å². The minimum atomic E-state index is -1.41. The summed E-state index contributed by atoms with van der Waals surface area (Å²) in [5, 5.41) is 19.7. The van der Waals surface area contributed by atoms with Crippen LogP contribution in [0.2, 0.25) is 0 Å². The minimum absolute atomic E-state index is 0.123. The lowest BCUT2D eigenvalue weighted by Crippen LogP contribution is -2.51. The summed E-state index contributed by atoms with van der Waals surface area (Å²) >= 11 is 0. The predicted molar refractivity (Wildman–Crippen MR) is 68.4 cm³/mol. The number of carboxylic acid groups (broad SMARTS) is 2. The zero-order valence-corrected chi connectivity index (χ0v) is 11.4. The molecule has 1 saturated heterocycles. The van der Waals surface area contributed by atoms with Crippen LogP contribution in [0.4, 0.5) is 4.79 Å². The summed E-state index contributed by atoms with van der Waals surface area (Å²) in [7, 11) is 0. The second-order valence-corrected chi connectivity index (χ2v) is 4.58. The highest BCUT2D eigenvalue weighted by Gasteiger charge is 2.28. The predicted octanol–water partition coefficient (Wildman–Crippen LogP) is 0.125. The van der Waals surface area contributed by atoms with E-state index in [4.69, 9.17) is 14.9 Å². The Morgan fingerprint density at radius 3 is 2.35 bits per heavy atom. The molecule has 0 spiro atoms. The molecule has 0 aliphatic carbocycles. The summed E-state index contributed by atoms with van der Waals surface area (Å²) in [5.74, 6) is -2.63. The van der Waals surface area contributed by atoms with Crippen LogP contribution in [-0.4, -0.2) is 64.9 Å². The molecule has 1 heterocycles. The van der Waals surface area contributed by atoms with Gasteiger partial charge in [0.1, 0.15) is 6.04 Å². The summed E-state index contributed by atoms with van der Waals surface area (Å²) < 4.78 is 5.45. The molecular weight excluding hydrogens is 268 g/mol. The zero-order valence-electron chi connectivity index (χ0n) is 11.4. The Bertz CT molecular complexity index is 365. The number of aliphatic carboxylic acids is 2. The van der Waals surface area contributed by atoms with Crippen LogP contribution in [0.5, 0.6) is 0 Å². The summed E-state index contributed by atoms with van der Waals surface area (Å²) in [6, 6.07) is -1.96. The number of nitrogens with one attached hydrogen (secondary N) is 1. The molecule has 1 atom stereocenters. The fourth-order valence-electron chi connectivity index (χ4n) is 2.08. The van der Waals surface area contributed by atoms with Gasteiger partial charge < -0.3 is 25.2 Å². The maximum atomic E-state index is 11.9. The topological polar surface area (TPSA) is 116 Å². The van der Waals surface area contributed by atoms with Gasteiger partial charge in [-0.3, -0.25) is 4.79 Å². The van der Waals surface area contributed by atoms with Gasteiger partial charge in [-0.25, -0.2) is 9.59 Å². The van der Waals surface area contributed by atoms with E-state index in [1.54, 1.807) is 0 Å². The third-order valence-corrected chi connectivity index (χ3v) is 3.11. The quantitative estimate of drug-likeness (QED) is 0.639. The van der Waals surface area contributed by atoms with Crippen LogP contribution in [0.25, 0.3) is 0 Å². The average Bonchev–Trinajstić information content (AvgIpc) is 2.38. The molecular formula is C12H20N2O6. The van der Waals surface area contributed by atoms with Gasteiger partial charge in [-0.15, -0.1) is 0 Å². The number of carboxylic acids is 2. The molecule has 0 radical (unpaired) electrons. The minimum Gasteiger partial charge on any atom is -0.481 e. The molecule has 8 nitrogen and oxygen atoms in total. The number of hydrogen-bond donors (Lipinski definition) is 3. The number of piperidine rings is 1. The fraction of sp³-hybridized carbons (Fsp3) is 0.750. The van der Waals surface area contributed by atoms with E-state index >= 15 is 0 Å². The number of urea groups is 1. The number of ether oxygens (including phenoxy) is 1. The van der Waals surface area contributed by atoms with Crippen LogP contribution in [0.15, 0.2) is 0 Å². The van der Waals surface area contributed by atoms with Gasteiger partial charge in [-0.1, -0.05) is 0 Å². The van der Waals surface area contributed by atoms with E-state index in [9.17, 15) is 14.4 Å². The number of hydrogen-bond acceptors (Lipinski definition) is 4. The number of amides is 2. The molecule has 0 aromatic heterocycles. The first-order valence-electron chi connectivity index (χ1n) is 6.55. The van der Waals surface area contributed by atoms with Gasteiger partial charge in [-0.2, -0.15) is 0 Å². The van der Waals surface area contributed by atoms with Crippen LogP contribution in [0, 0.1) is 0 Å². The van der Waals surface area contributed by atoms with Crippen LogP contribution in [0.1, 0.15) is 26.2 Å². The van der Waals surface area contributed by atoms with Crippen molar-refractivity contribution in [2.75, 3.05) is 19.7 Å². The standard InChI is InChI=1S/C12H20N2O6/c1-2-20-8-3-5-14(6-4-8)12(19)13-9(11(17)18)7-10(15)16/h8-9H,2-7H2,1H3,(H,13,19)(H,15,16)(H,17,18). The first kappa shape index (κ1) is 16.2. The Morgan fingerprint density at radius 2 is 1.90 bits per heavy atom. The summed E-state index contributed by atoms with van der Waals surface area (Å²) in [4.78, 5) is 34.8. The number of carbonyl (C=O) groups excluding carboxylic acids is 1. The number of rotatable bonds is 6. The van der Waals surface area contributed by atoms with Crippen molar-refractivity contribution in [2.24, 2.45) is 0 Å². The van der Waals surface area contributed by atoms with Crippen molar-refractivity contribution in [3.05, 3.63) is 0 Å². The van der Waals surface area contributed by atoms with Crippen molar-refractivity contribution in [1.82, 2.24) is 10.2 Å². The van der Waals surface area contributed by atoms with Crippen molar-refractivity contribution in [3.63, 3.8) is 0 Å². The maximum absolute atomic E-state index is 11.9. The summed E-state index contributed by atoms with van der Waals surface area (Å²) in [6.07, 6.45) is 0.866. The second-order valence-electron chi connectivity index (χ2n) is 4.58. The SMILES string of the molecule is CCOC1CCN(C(=O)NC(CC(=O)O)C(=O)O)CC1. The third-order valence-electron chi connectivity index (χ3n) is 3.11. The van der Waals surface area contributed by atoms with E-state index in [1.807, 2.05) is 6.92 Å². The van der Waals surface area contributed by atoms with Gasteiger partial charge in [0.25, 0.3) is 0 Å². The average molecular weight is 288 g/mol. The second kappa shape index (κ2) is 7.68. The number of likely N-dealkylation sites (tertiary alicyclic amines) is 1. The Hall–Kier alpha value is -1.83. The van der Waals surface area contributed by atoms with Gasteiger partial charge in [0.15, 0.2) is 0 Å². The van der Waals surface area contributed by atoms with Crippen molar-refractivity contribution in [2.45, 2.75) is 38.3 Å². The lowest BCUT2D eigenvalue weighted by Gasteiger charge is -2.32. The molecule has 1 fully saturated rings.